The van der Waals surface area contributed by atoms with E-state index in [0.717, 1.165) is 43.2 Å². The second kappa shape index (κ2) is 5.83. The van der Waals surface area contributed by atoms with Gasteiger partial charge in [0.25, 0.3) is 0 Å². The van der Waals surface area contributed by atoms with E-state index in [1.807, 2.05) is 0 Å². The first-order chi connectivity index (χ1) is 11.8. The lowest BCUT2D eigenvalue weighted by atomic mass is 9.47. The Morgan fingerprint density at radius 2 is 2.00 bits per heavy atom. The zero-order valence-corrected chi connectivity index (χ0v) is 15.5. The van der Waals surface area contributed by atoms with E-state index in [4.69, 9.17) is 11.1 Å². The van der Waals surface area contributed by atoms with Crippen LogP contribution in [0.4, 0.5) is 0 Å². The number of aliphatic hydroxyl groups excluding tert-OH is 1. The molecule has 0 aliphatic heterocycles. The van der Waals surface area contributed by atoms with Crippen LogP contribution < -0.4 is 11.2 Å². The molecule has 0 aromatic heterocycles. The normalized spacial score (nSPS) is 47.5. The predicted molar refractivity (Wildman–Crippen MR) is 100 cm³/mol. The fourth-order valence-electron chi connectivity index (χ4n) is 6.76. The summed E-state index contributed by atoms with van der Waals surface area (Å²) in [4.78, 5) is 0. The zero-order chi connectivity index (χ0) is 17.8. The number of nitrogens with zero attached hydrogens (tertiary/aromatic N) is 1. The molecule has 4 aliphatic rings. The maximum atomic E-state index is 10.5. The van der Waals surface area contributed by atoms with Crippen molar-refractivity contribution in [2.75, 3.05) is 0 Å². The Kier molecular flexibility index (Phi) is 3.98. The Hall–Kier alpha value is -1.36. The molecule has 0 unspecified atom stereocenters. The highest BCUT2D eigenvalue weighted by atomic mass is 16.3. The number of hydrogen-bond donors (Lipinski definition) is 4. The quantitative estimate of drug-likeness (QED) is 0.334. The maximum absolute atomic E-state index is 10.5. The van der Waals surface area contributed by atoms with Gasteiger partial charge < -0.3 is 10.8 Å². The third-order valence-electron chi connectivity index (χ3n) is 8.25. The lowest BCUT2D eigenvalue weighted by molar-refractivity contribution is -0.0721. The molecular formula is C20H32N4O. The summed E-state index contributed by atoms with van der Waals surface area (Å²) in [6.07, 6.45) is 11.3. The van der Waals surface area contributed by atoms with E-state index in [-0.39, 0.29) is 22.9 Å². The van der Waals surface area contributed by atoms with Crippen molar-refractivity contribution in [2.24, 2.45) is 39.4 Å². The molecule has 5 N–H and O–H groups in total. The van der Waals surface area contributed by atoms with Gasteiger partial charge in [-0.25, -0.2) is 5.43 Å². The fraction of sp³-hybridized carbons (Fsp3) is 0.800. The third-order valence-corrected chi connectivity index (χ3v) is 8.25. The highest BCUT2D eigenvalue weighted by Gasteiger charge is 2.58. The van der Waals surface area contributed by atoms with Gasteiger partial charge in [0, 0.05) is 0 Å². The second-order valence-corrected chi connectivity index (χ2v) is 9.27. The van der Waals surface area contributed by atoms with Crippen LogP contribution in [0.25, 0.3) is 0 Å². The molecular weight excluding hydrogens is 312 g/mol. The van der Waals surface area contributed by atoms with E-state index >= 15 is 0 Å². The number of fused-ring (bicyclic) bond motifs is 5. The van der Waals surface area contributed by atoms with Gasteiger partial charge in [-0.05, 0) is 86.0 Å². The van der Waals surface area contributed by atoms with Crippen molar-refractivity contribution in [1.82, 2.24) is 5.43 Å². The summed E-state index contributed by atoms with van der Waals surface area (Å²) in [6, 6.07) is 0. The minimum absolute atomic E-state index is 0.0917. The van der Waals surface area contributed by atoms with Crippen molar-refractivity contribution in [3.05, 3.63) is 11.6 Å². The van der Waals surface area contributed by atoms with Crippen molar-refractivity contribution in [2.45, 2.75) is 71.3 Å². The fourth-order valence-corrected chi connectivity index (χ4v) is 6.76. The number of aliphatic hydroxyl groups is 1. The van der Waals surface area contributed by atoms with Gasteiger partial charge in [0.15, 0.2) is 0 Å². The van der Waals surface area contributed by atoms with Gasteiger partial charge in [-0.1, -0.05) is 19.4 Å². The van der Waals surface area contributed by atoms with E-state index in [2.05, 4.69) is 30.5 Å². The Labute approximate surface area is 150 Å². The molecule has 138 valence electrons. The molecule has 0 heterocycles. The molecule has 3 fully saturated rings. The molecule has 0 aromatic carbocycles. The second-order valence-electron chi connectivity index (χ2n) is 9.27. The van der Waals surface area contributed by atoms with E-state index in [9.17, 15) is 5.11 Å². The SMILES string of the molecule is C[C@]12CC[C@H]3[C@@H](CCC4=CC(=NNC(=N)N)CC[C@@]43C)[C@@H]1CC[C@@H]2O. The summed E-state index contributed by atoms with van der Waals surface area (Å²) in [5.41, 5.74) is 11.0. The number of nitrogens with one attached hydrogen (secondary N) is 2. The molecule has 5 heteroatoms. The van der Waals surface area contributed by atoms with Gasteiger partial charge in [-0.2, -0.15) is 5.10 Å². The van der Waals surface area contributed by atoms with Crippen LogP contribution in [-0.2, 0) is 0 Å². The Bertz CT molecular complexity index is 642. The predicted octanol–water partition coefficient (Wildman–Crippen LogP) is 3.15. The van der Waals surface area contributed by atoms with Crippen LogP contribution in [0, 0.1) is 34.0 Å². The van der Waals surface area contributed by atoms with Crippen LogP contribution in [0.1, 0.15) is 65.2 Å². The van der Waals surface area contributed by atoms with Crippen molar-refractivity contribution in [1.29, 1.82) is 5.41 Å². The molecule has 0 radical (unpaired) electrons. The largest absolute Gasteiger partial charge is 0.393 e. The van der Waals surface area contributed by atoms with Crippen LogP contribution in [-0.4, -0.2) is 22.9 Å². The summed E-state index contributed by atoms with van der Waals surface area (Å²) < 4.78 is 0. The summed E-state index contributed by atoms with van der Waals surface area (Å²) >= 11 is 0. The van der Waals surface area contributed by atoms with Crippen molar-refractivity contribution >= 4 is 11.7 Å². The molecule has 0 spiro atoms. The van der Waals surface area contributed by atoms with Gasteiger partial charge in [-0.15, -0.1) is 0 Å². The van der Waals surface area contributed by atoms with Gasteiger partial charge in [-0.3, -0.25) is 5.41 Å². The van der Waals surface area contributed by atoms with Crippen LogP contribution in [0.2, 0.25) is 0 Å². The minimum atomic E-state index is -0.102. The van der Waals surface area contributed by atoms with Gasteiger partial charge in [0.05, 0.1) is 11.8 Å². The summed E-state index contributed by atoms with van der Waals surface area (Å²) in [5.74, 6) is 2.12. The average Bonchev–Trinajstić information content (AvgIpc) is 2.88. The molecule has 0 bridgehead atoms. The first kappa shape index (κ1) is 17.1. The molecule has 6 atom stereocenters. The first-order valence-corrected chi connectivity index (χ1v) is 9.90. The molecule has 4 rings (SSSR count). The smallest absolute Gasteiger partial charge is 0.206 e. The monoisotopic (exact) mass is 344 g/mol. The van der Waals surface area contributed by atoms with Gasteiger partial charge in [0.1, 0.15) is 0 Å². The molecule has 0 amide bonds. The van der Waals surface area contributed by atoms with E-state index in [1.54, 1.807) is 5.57 Å². The topological polar surface area (TPSA) is 94.5 Å². The summed E-state index contributed by atoms with van der Waals surface area (Å²) in [6.45, 7) is 4.82. The zero-order valence-electron chi connectivity index (χ0n) is 15.5. The van der Waals surface area contributed by atoms with Crippen LogP contribution >= 0.6 is 0 Å². The standard InChI is InChI=1S/C20H32N4O/c1-19-9-7-13(23-24-18(21)22)11-12(19)3-4-14-15-5-6-17(25)20(15,2)10-8-16(14)19/h11,14-17,25H,3-10H2,1-2H3,(H4,21,22,24)/t14-,15-,16-,17-,19-,20-/m0/s1. The summed E-state index contributed by atoms with van der Waals surface area (Å²) in [5, 5.41) is 22.1. The minimum Gasteiger partial charge on any atom is -0.393 e. The summed E-state index contributed by atoms with van der Waals surface area (Å²) in [7, 11) is 0. The number of allylic oxidation sites excluding steroid dienone is 2. The number of hydrogen-bond acceptors (Lipinski definition) is 3. The van der Waals surface area contributed by atoms with Crippen molar-refractivity contribution in [3.63, 3.8) is 0 Å². The number of guanidine groups is 1. The molecule has 0 saturated heterocycles. The Morgan fingerprint density at radius 3 is 2.76 bits per heavy atom. The number of hydrazone groups is 1. The van der Waals surface area contributed by atoms with Crippen LogP contribution in [0.5, 0.6) is 0 Å². The number of nitrogens with two attached hydrogens (primary N) is 1. The Balaban J connectivity index is 1.60. The van der Waals surface area contributed by atoms with Crippen molar-refractivity contribution in [3.8, 4) is 0 Å². The van der Waals surface area contributed by atoms with Gasteiger partial charge in [0.2, 0.25) is 5.96 Å². The molecule has 4 aliphatic carbocycles. The highest BCUT2D eigenvalue weighted by molar-refractivity contribution is 5.97. The molecule has 0 aromatic rings. The van der Waals surface area contributed by atoms with E-state index < -0.39 is 0 Å². The van der Waals surface area contributed by atoms with E-state index in [1.165, 1.54) is 25.7 Å². The van der Waals surface area contributed by atoms with Gasteiger partial charge >= 0.3 is 0 Å². The maximum Gasteiger partial charge on any atom is 0.206 e. The first-order valence-electron chi connectivity index (χ1n) is 9.90. The molecule has 25 heavy (non-hydrogen) atoms. The molecule has 3 saturated carbocycles. The third kappa shape index (κ3) is 2.54. The van der Waals surface area contributed by atoms with Crippen LogP contribution in [0.3, 0.4) is 0 Å². The van der Waals surface area contributed by atoms with E-state index in [0.29, 0.717) is 5.92 Å². The lowest BCUT2D eigenvalue weighted by Crippen LogP contribution is -2.51. The highest BCUT2D eigenvalue weighted by Crippen LogP contribution is 2.65. The Morgan fingerprint density at radius 1 is 1.20 bits per heavy atom. The van der Waals surface area contributed by atoms with Crippen molar-refractivity contribution < 1.29 is 5.11 Å². The lowest BCUT2D eigenvalue weighted by Gasteiger charge is -2.57. The van der Waals surface area contributed by atoms with Crippen LogP contribution in [0.15, 0.2) is 16.8 Å². The average molecular weight is 345 g/mol. The molecule has 5 nitrogen and oxygen atoms in total. The number of rotatable bonds is 1.